The lowest BCUT2D eigenvalue weighted by Gasteiger charge is -2.05. The second-order valence-electron chi connectivity index (χ2n) is 5.59. The fraction of sp³-hybridized carbons (Fsp3) is 0.353. The quantitative estimate of drug-likeness (QED) is 0.338. The van der Waals surface area contributed by atoms with E-state index in [2.05, 4.69) is 43.4 Å². The van der Waals surface area contributed by atoms with Gasteiger partial charge in [0.15, 0.2) is 0 Å². The average molecular weight is 303 g/mol. The summed E-state index contributed by atoms with van der Waals surface area (Å²) in [5.41, 5.74) is 6.18. The molecule has 0 saturated carbocycles. The maximum Gasteiger partial charge on any atom is 0.129 e. The van der Waals surface area contributed by atoms with Crippen LogP contribution in [0.5, 0.6) is 0 Å². The van der Waals surface area contributed by atoms with Crippen LogP contribution >= 0.6 is 0 Å². The van der Waals surface area contributed by atoms with Crippen molar-refractivity contribution >= 4 is 18.9 Å². The molecule has 0 saturated heterocycles. The third-order valence-electron chi connectivity index (χ3n) is 2.55. The number of hydrogen-bond donors (Lipinski definition) is 0. The van der Waals surface area contributed by atoms with E-state index < -0.39 is 18.9 Å². The van der Waals surface area contributed by atoms with Gasteiger partial charge in [-0.2, -0.15) is 0 Å². The third kappa shape index (κ3) is 6.21. The molecule has 0 radical (unpaired) electrons. The second kappa shape index (κ2) is 8.07. The first kappa shape index (κ1) is 16.7. The Morgan fingerprint density at radius 2 is 1.90 bits per heavy atom. The van der Waals surface area contributed by atoms with Crippen LogP contribution in [0.3, 0.4) is 0 Å². The summed E-state index contributed by atoms with van der Waals surface area (Å²) in [6.07, 6.45) is 2.50. The smallest absolute Gasteiger partial charge is 0.129 e. The van der Waals surface area contributed by atoms with Gasteiger partial charge in [-0.15, -0.1) is 17.2 Å². The van der Waals surface area contributed by atoms with Gasteiger partial charge in [-0.1, -0.05) is 44.4 Å². The zero-order chi connectivity index (χ0) is 15.0. The van der Waals surface area contributed by atoms with Crippen molar-refractivity contribution in [1.29, 1.82) is 0 Å². The van der Waals surface area contributed by atoms with Crippen molar-refractivity contribution in [3.8, 4) is 11.5 Å². The van der Waals surface area contributed by atoms with Gasteiger partial charge in [-0.3, -0.25) is 0 Å². The lowest BCUT2D eigenvalue weighted by Crippen LogP contribution is -2.16. The Balaban J connectivity index is 2.55. The predicted octanol–water partition coefficient (Wildman–Crippen LogP) is 4.51. The van der Waals surface area contributed by atoms with Gasteiger partial charge < -0.3 is 0 Å². The van der Waals surface area contributed by atoms with E-state index in [0.29, 0.717) is 0 Å². The Hall–Kier alpha value is -1.33. The van der Waals surface area contributed by atoms with Crippen LogP contribution < -0.4 is 0 Å². The lowest BCUT2D eigenvalue weighted by molar-refractivity contribution is 0.684. The molecule has 0 aliphatic heterocycles. The average Bonchev–Trinajstić information content (AvgIpc) is 2.42. The number of hydrogen-bond acceptors (Lipinski definition) is 1. The molecule has 0 N–H and O–H groups in total. The monoisotopic (exact) mass is 302 g/mol. The molecule has 0 fully saturated rings. The second-order valence-corrected chi connectivity index (χ2v) is 11.8. The van der Waals surface area contributed by atoms with Crippen LogP contribution in [-0.4, -0.2) is 12.3 Å². The van der Waals surface area contributed by atoms with Crippen molar-refractivity contribution in [2.45, 2.75) is 43.8 Å². The van der Waals surface area contributed by atoms with Gasteiger partial charge >= 0.3 is 0 Å². The van der Waals surface area contributed by atoms with Gasteiger partial charge in [-0.25, -0.2) is 4.21 Å². The summed E-state index contributed by atoms with van der Waals surface area (Å²) in [4.78, 5) is 1.58. The van der Waals surface area contributed by atoms with Crippen molar-refractivity contribution in [2.24, 2.45) is 0 Å². The molecule has 1 atom stereocenters. The van der Waals surface area contributed by atoms with Gasteiger partial charge in [-0.05, 0) is 25.0 Å². The lowest BCUT2D eigenvalue weighted by atomic mass is 10.2. The summed E-state index contributed by atoms with van der Waals surface area (Å²) in [6, 6.07) is 9.46. The van der Waals surface area contributed by atoms with Crippen molar-refractivity contribution in [3.63, 3.8) is 0 Å². The minimum atomic E-state index is -1.27. The molecule has 106 valence electrons. The van der Waals surface area contributed by atoms with E-state index in [1.165, 1.54) is 0 Å². The topological polar surface area (TPSA) is 17.1 Å². The normalized spacial score (nSPS) is 11.9. The van der Waals surface area contributed by atoms with Crippen LogP contribution in [0.25, 0.3) is 0 Å². The summed E-state index contributed by atoms with van der Waals surface area (Å²) in [5, 5.41) is 0. The van der Waals surface area contributed by atoms with Gasteiger partial charge in [0.05, 0.1) is 15.7 Å². The van der Waals surface area contributed by atoms with E-state index in [-0.39, 0.29) is 0 Å². The summed E-state index contributed by atoms with van der Waals surface area (Å²) in [7, 11) is -2.41. The van der Waals surface area contributed by atoms with Crippen molar-refractivity contribution < 1.29 is 4.21 Å². The van der Waals surface area contributed by atoms with Crippen LogP contribution in [0, 0.1) is 11.5 Å². The molecular weight excluding hydrogens is 280 g/mol. The molecule has 1 aromatic carbocycles. The molecule has 0 aliphatic rings. The van der Waals surface area contributed by atoms with Gasteiger partial charge in [0, 0.05) is 11.3 Å². The first-order chi connectivity index (χ1) is 9.44. The Morgan fingerprint density at radius 3 is 2.45 bits per heavy atom. The molecule has 1 nitrogen and oxygen atoms in total. The van der Waals surface area contributed by atoms with E-state index in [1.54, 1.807) is 0 Å². The molecule has 20 heavy (non-hydrogen) atoms. The molecule has 1 aromatic rings. The van der Waals surface area contributed by atoms with Crippen LogP contribution in [0.2, 0.25) is 19.6 Å². The number of allylic oxidation sites excluding steroid dienone is 1. The standard InChI is InChI=1S/C17H22OSSi/c1-5-16(12-10-7-11-15-20(2,3)4)19(18)17-13-8-6-9-14-17/h6,8-9,13-14H,1,7,10,12H2,2-4H3. The molecule has 0 heterocycles. The predicted molar refractivity (Wildman–Crippen MR) is 90.5 cm³/mol. The number of rotatable bonds is 5. The Morgan fingerprint density at radius 1 is 1.25 bits per heavy atom. The minimum Gasteiger partial charge on any atom is -0.249 e. The van der Waals surface area contributed by atoms with Crippen LogP contribution in [-0.2, 0) is 10.8 Å². The SMILES string of the molecule is C=C=C(CCCC#C[Si](C)(C)C)S(=O)c1ccccc1. The third-order valence-corrected chi connectivity index (χ3v) is 4.97. The fourth-order valence-corrected chi connectivity index (χ4v) is 3.40. The fourth-order valence-electron chi connectivity index (χ4n) is 1.60. The molecule has 0 amide bonds. The highest BCUT2D eigenvalue weighted by Crippen LogP contribution is 2.18. The zero-order valence-corrected chi connectivity index (χ0v) is 14.3. The van der Waals surface area contributed by atoms with Crippen molar-refractivity contribution in [2.75, 3.05) is 0 Å². The summed E-state index contributed by atoms with van der Waals surface area (Å²) >= 11 is 0. The molecule has 0 spiro atoms. The van der Waals surface area contributed by atoms with Crippen LogP contribution in [0.4, 0.5) is 0 Å². The Labute approximate surface area is 126 Å². The largest absolute Gasteiger partial charge is 0.249 e. The maximum absolute atomic E-state index is 12.3. The molecule has 1 unspecified atom stereocenters. The summed E-state index contributed by atoms with van der Waals surface area (Å²) in [5.74, 6) is 3.23. The summed E-state index contributed by atoms with van der Waals surface area (Å²) < 4.78 is 12.3. The van der Waals surface area contributed by atoms with Crippen molar-refractivity contribution in [3.05, 3.63) is 47.5 Å². The molecular formula is C17H22OSSi. The van der Waals surface area contributed by atoms with Crippen molar-refractivity contribution in [1.82, 2.24) is 0 Å². The molecule has 0 aromatic heterocycles. The van der Waals surface area contributed by atoms with Gasteiger partial charge in [0.2, 0.25) is 0 Å². The minimum absolute atomic E-state index is 0.741. The van der Waals surface area contributed by atoms with E-state index in [4.69, 9.17) is 0 Å². The highest BCUT2D eigenvalue weighted by Gasteiger charge is 2.09. The van der Waals surface area contributed by atoms with E-state index in [9.17, 15) is 4.21 Å². The highest BCUT2D eigenvalue weighted by molar-refractivity contribution is 7.89. The van der Waals surface area contributed by atoms with Crippen LogP contribution in [0.1, 0.15) is 19.3 Å². The number of unbranched alkanes of at least 4 members (excludes halogenated alkanes) is 1. The van der Waals surface area contributed by atoms with E-state index in [1.807, 2.05) is 30.3 Å². The van der Waals surface area contributed by atoms with E-state index >= 15 is 0 Å². The molecule has 3 heteroatoms. The number of benzene rings is 1. The zero-order valence-electron chi connectivity index (χ0n) is 12.5. The maximum atomic E-state index is 12.3. The summed E-state index contributed by atoms with van der Waals surface area (Å²) in [6.45, 7) is 10.4. The van der Waals surface area contributed by atoms with E-state index in [0.717, 1.165) is 29.1 Å². The van der Waals surface area contributed by atoms with Gasteiger partial charge in [0.1, 0.15) is 8.07 Å². The Bertz CT molecular complexity index is 566. The first-order valence-corrected chi connectivity index (χ1v) is 11.4. The molecule has 0 aliphatic carbocycles. The first-order valence-electron chi connectivity index (χ1n) is 6.80. The Kier molecular flexibility index (Phi) is 6.74. The molecule has 0 bridgehead atoms. The highest BCUT2D eigenvalue weighted by atomic mass is 32.2. The van der Waals surface area contributed by atoms with Gasteiger partial charge in [0.25, 0.3) is 0 Å². The van der Waals surface area contributed by atoms with Crippen LogP contribution in [0.15, 0.2) is 52.4 Å². The molecule has 1 rings (SSSR count).